The largest absolute Gasteiger partial charge is 0.456 e. The first kappa shape index (κ1) is 49.2. The molecule has 0 radical (unpaired) electrons. The predicted octanol–water partition coefficient (Wildman–Crippen LogP) is 21.8. The van der Waals surface area contributed by atoms with Crippen molar-refractivity contribution in [2.45, 2.75) is 0 Å². The lowest BCUT2D eigenvalue weighted by atomic mass is 9.98. The van der Waals surface area contributed by atoms with Gasteiger partial charge in [-0.25, -0.2) is 15.0 Å². The summed E-state index contributed by atoms with van der Waals surface area (Å²) in [5, 5.41) is 10.4. The molecular formula is C81H47N5O3. The van der Waals surface area contributed by atoms with Gasteiger partial charge >= 0.3 is 0 Å². The number of benzene rings is 13. The van der Waals surface area contributed by atoms with Gasteiger partial charge in [-0.1, -0.05) is 176 Å². The molecule has 19 aromatic rings. The fourth-order valence-corrected chi connectivity index (χ4v) is 14.0. The number of fused-ring (bicyclic) bond motifs is 15. The third kappa shape index (κ3) is 7.63. The van der Waals surface area contributed by atoms with Crippen molar-refractivity contribution in [3.63, 3.8) is 0 Å². The monoisotopic (exact) mass is 1140 g/mol. The van der Waals surface area contributed by atoms with E-state index in [1.54, 1.807) is 0 Å². The van der Waals surface area contributed by atoms with Crippen molar-refractivity contribution in [1.82, 2.24) is 24.1 Å². The summed E-state index contributed by atoms with van der Waals surface area (Å²) < 4.78 is 24.7. The zero-order valence-corrected chi connectivity index (χ0v) is 47.6. The SMILES string of the molecule is c1ccc(-c2cccc(-n3c4ccccc4c4cc(-c5ccc6oc7cccc(-c8nc(-c9cccc%10oc%11ccccc%11c9%10)nc(-c9cccc%10oc%11ccc(-c%12ccc%13c(c%12)c%12ccccc%12n%13-c%12ccccc%12)cc%11c9%10)n8)c7c6c5)ccc43)c2)cc1. The summed E-state index contributed by atoms with van der Waals surface area (Å²) >= 11 is 0. The van der Waals surface area contributed by atoms with Crippen LogP contribution in [0, 0.1) is 0 Å². The van der Waals surface area contributed by atoms with Crippen molar-refractivity contribution < 1.29 is 13.3 Å². The lowest BCUT2D eigenvalue weighted by Gasteiger charge is -2.11. The minimum absolute atomic E-state index is 0.507. The highest BCUT2D eigenvalue weighted by molar-refractivity contribution is 6.17. The van der Waals surface area contributed by atoms with Gasteiger partial charge in [0.15, 0.2) is 17.5 Å². The molecule has 414 valence electrons. The van der Waals surface area contributed by atoms with Crippen molar-refractivity contribution in [3.05, 3.63) is 285 Å². The number of hydrogen-bond acceptors (Lipinski definition) is 6. The number of aromatic nitrogens is 5. The Hall–Kier alpha value is -12.1. The highest BCUT2D eigenvalue weighted by Gasteiger charge is 2.24. The quantitative estimate of drug-likeness (QED) is 0.151. The fourth-order valence-electron chi connectivity index (χ4n) is 14.0. The molecule has 8 heteroatoms. The summed E-state index contributed by atoms with van der Waals surface area (Å²) in [5.41, 5.74) is 20.5. The van der Waals surface area contributed by atoms with Gasteiger partial charge in [-0.3, -0.25) is 0 Å². The van der Waals surface area contributed by atoms with Crippen LogP contribution in [0.1, 0.15) is 0 Å². The summed E-state index contributed by atoms with van der Waals surface area (Å²) in [6.45, 7) is 0. The summed E-state index contributed by atoms with van der Waals surface area (Å²) in [7, 11) is 0. The van der Waals surface area contributed by atoms with Crippen LogP contribution in [0.15, 0.2) is 298 Å². The highest BCUT2D eigenvalue weighted by atomic mass is 16.3. The third-order valence-corrected chi connectivity index (χ3v) is 18.0. The predicted molar refractivity (Wildman–Crippen MR) is 363 cm³/mol. The molecule has 0 saturated carbocycles. The number of rotatable bonds is 8. The van der Waals surface area contributed by atoms with E-state index in [4.69, 9.17) is 28.2 Å². The first-order chi connectivity index (χ1) is 44.1. The van der Waals surface area contributed by atoms with Crippen molar-refractivity contribution in [2.75, 3.05) is 0 Å². The van der Waals surface area contributed by atoms with Crippen LogP contribution in [0.5, 0.6) is 0 Å². The molecule has 0 bridgehead atoms. The smallest absolute Gasteiger partial charge is 0.164 e. The van der Waals surface area contributed by atoms with Gasteiger partial charge in [-0.05, 0) is 143 Å². The maximum atomic E-state index is 6.76. The number of furan rings is 3. The second-order valence-corrected chi connectivity index (χ2v) is 23.0. The second kappa shape index (κ2) is 19.2. The third-order valence-electron chi connectivity index (χ3n) is 18.0. The van der Waals surface area contributed by atoms with Gasteiger partial charge in [0, 0.05) is 81.9 Å². The Balaban J connectivity index is 0.782. The molecule has 0 unspecified atom stereocenters. The fraction of sp³-hybridized carbons (Fsp3) is 0. The lowest BCUT2D eigenvalue weighted by molar-refractivity contribution is 0.668. The highest BCUT2D eigenvalue weighted by Crippen LogP contribution is 2.45. The molecule has 0 aliphatic heterocycles. The number of para-hydroxylation sites is 4. The maximum absolute atomic E-state index is 6.76. The van der Waals surface area contributed by atoms with Crippen LogP contribution >= 0.6 is 0 Å². The van der Waals surface area contributed by atoms with E-state index in [-0.39, 0.29) is 0 Å². The van der Waals surface area contributed by atoms with Crippen LogP contribution in [-0.2, 0) is 0 Å². The average molecular weight is 1140 g/mol. The van der Waals surface area contributed by atoms with E-state index in [0.29, 0.717) is 17.5 Å². The molecule has 0 atom stereocenters. The molecule has 0 spiro atoms. The Morgan fingerprint density at radius 3 is 1.09 bits per heavy atom. The van der Waals surface area contributed by atoms with Gasteiger partial charge in [-0.15, -0.1) is 0 Å². The van der Waals surface area contributed by atoms with E-state index in [1.807, 2.05) is 54.6 Å². The van der Waals surface area contributed by atoms with Gasteiger partial charge in [0.25, 0.3) is 0 Å². The molecular weight excluding hydrogens is 1090 g/mol. The Morgan fingerprint density at radius 1 is 0.213 bits per heavy atom. The van der Waals surface area contributed by atoms with Crippen LogP contribution in [-0.4, -0.2) is 24.1 Å². The van der Waals surface area contributed by atoms with E-state index in [2.05, 4.69) is 240 Å². The van der Waals surface area contributed by atoms with E-state index in [9.17, 15) is 0 Å². The molecule has 0 fully saturated rings. The minimum Gasteiger partial charge on any atom is -0.456 e. The van der Waals surface area contributed by atoms with Crippen molar-refractivity contribution >= 4 is 109 Å². The Kier molecular flexibility index (Phi) is 10.6. The Labute approximate surface area is 508 Å². The average Bonchev–Trinajstić information content (AvgIpc) is 1.94. The first-order valence-electron chi connectivity index (χ1n) is 30.0. The van der Waals surface area contributed by atoms with Crippen molar-refractivity contribution in [3.8, 4) is 78.9 Å². The molecule has 19 rings (SSSR count). The summed E-state index contributed by atoms with van der Waals surface area (Å²) in [5.74, 6) is 1.53. The molecule has 6 heterocycles. The zero-order chi connectivity index (χ0) is 58.3. The minimum atomic E-state index is 0.507. The Bertz CT molecular complexity index is 6120. The summed E-state index contributed by atoms with van der Waals surface area (Å²) in [6, 6.07) is 100. The van der Waals surface area contributed by atoms with Crippen LogP contribution in [0.4, 0.5) is 0 Å². The molecule has 8 nitrogen and oxygen atoms in total. The molecule has 0 saturated heterocycles. The molecule has 13 aromatic carbocycles. The van der Waals surface area contributed by atoms with E-state index in [1.165, 1.54) is 38.2 Å². The van der Waals surface area contributed by atoms with E-state index in [0.717, 1.165) is 133 Å². The summed E-state index contributed by atoms with van der Waals surface area (Å²) in [4.78, 5) is 16.5. The Morgan fingerprint density at radius 2 is 0.562 bits per heavy atom. The molecule has 6 aromatic heterocycles. The van der Waals surface area contributed by atoms with Crippen LogP contribution in [0.2, 0.25) is 0 Å². The number of nitrogens with zero attached hydrogens (tertiary/aromatic N) is 5. The van der Waals surface area contributed by atoms with Crippen LogP contribution in [0.3, 0.4) is 0 Å². The molecule has 0 amide bonds. The second-order valence-electron chi connectivity index (χ2n) is 23.0. The lowest BCUT2D eigenvalue weighted by Crippen LogP contribution is -2.01. The normalized spacial score (nSPS) is 12.0. The topological polar surface area (TPSA) is 88.0 Å². The first-order valence-corrected chi connectivity index (χ1v) is 30.0. The standard InChI is InChI=1S/C81H47N5O3/c1-3-17-48(18-4-1)49-19-13-22-55(43-49)86-67-30-11-8-24-57(67)63-45-51(36-40-69(63)86)53-38-42-72-65(47-53)78-61(28-16-34-75(78)89-72)81-83-79(59-26-14-32-73-76(59)58-25-9-12-31-70(58)87-73)82-80(84-81)60-27-15-33-74-77(60)64-46-52(37-41-71(64)88-74)50-35-39-68-62(44-50)56-23-7-10-29-66(56)85(68)54-20-5-2-6-21-54/h1-47H. The van der Waals surface area contributed by atoms with Crippen LogP contribution < -0.4 is 0 Å². The number of hydrogen-bond donors (Lipinski definition) is 0. The maximum Gasteiger partial charge on any atom is 0.164 e. The van der Waals surface area contributed by atoms with Crippen molar-refractivity contribution in [1.29, 1.82) is 0 Å². The van der Waals surface area contributed by atoms with Crippen molar-refractivity contribution in [2.24, 2.45) is 0 Å². The van der Waals surface area contributed by atoms with Gasteiger partial charge in [-0.2, -0.15) is 0 Å². The molecule has 0 aliphatic rings. The van der Waals surface area contributed by atoms with Gasteiger partial charge in [0.05, 0.1) is 22.1 Å². The molecule has 0 N–H and O–H groups in total. The van der Waals surface area contributed by atoms with E-state index < -0.39 is 0 Å². The molecule has 89 heavy (non-hydrogen) atoms. The van der Waals surface area contributed by atoms with Gasteiger partial charge < -0.3 is 22.4 Å². The van der Waals surface area contributed by atoms with Crippen LogP contribution in [0.25, 0.3) is 188 Å². The summed E-state index contributed by atoms with van der Waals surface area (Å²) in [6.07, 6.45) is 0. The molecule has 0 aliphatic carbocycles. The zero-order valence-electron chi connectivity index (χ0n) is 47.6. The van der Waals surface area contributed by atoms with Gasteiger partial charge in [0.1, 0.15) is 33.5 Å². The van der Waals surface area contributed by atoms with E-state index >= 15 is 0 Å². The van der Waals surface area contributed by atoms with Gasteiger partial charge in [0.2, 0.25) is 0 Å².